The zero-order valence-electron chi connectivity index (χ0n) is 17.8. The van der Waals surface area contributed by atoms with Gasteiger partial charge in [0.15, 0.2) is 16.6 Å². The Kier molecular flexibility index (Phi) is 10.3. The summed E-state index contributed by atoms with van der Waals surface area (Å²) in [6.07, 6.45) is 2.39. The molecule has 166 valence electrons. The van der Waals surface area contributed by atoms with Crippen LogP contribution in [-0.2, 0) is 20.7 Å². The molecular formula is C23H28N2O5S. The molecule has 31 heavy (non-hydrogen) atoms. The summed E-state index contributed by atoms with van der Waals surface area (Å²) in [4.78, 5) is 23.8. The summed E-state index contributed by atoms with van der Waals surface area (Å²) < 4.78 is 15.6. The minimum absolute atomic E-state index is 0.167. The Morgan fingerprint density at radius 2 is 1.68 bits per heavy atom. The highest BCUT2D eigenvalue weighted by Gasteiger charge is 2.10. The molecule has 0 heterocycles. The first-order chi connectivity index (χ1) is 15.0. The Labute approximate surface area is 188 Å². The Morgan fingerprint density at radius 3 is 2.39 bits per heavy atom. The van der Waals surface area contributed by atoms with Gasteiger partial charge in [0, 0.05) is 24.6 Å². The summed E-state index contributed by atoms with van der Waals surface area (Å²) in [5.41, 5.74) is 1.87. The maximum Gasteiger partial charge on any atom is 0.305 e. The van der Waals surface area contributed by atoms with Crippen molar-refractivity contribution in [2.24, 2.45) is 0 Å². The van der Waals surface area contributed by atoms with E-state index in [1.807, 2.05) is 30.3 Å². The molecule has 0 aliphatic carbocycles. The topological polar surface area (TPSA) is 85.9 Å². The average molecular weight is 445 g/mol. The third-order valence-electron chi connectivity index (χ3n) is 4.39. The van der Waals surface area contributed by atoms with Crippen LogP contribution in [0, 0.1) is 0 Å². The number of hydrogen-bond acceptors (Lipinski definition) is 6. The van der Waals surface area contributed by atoms with Gasteiger partial charge in [-0.15, -0.1) is 0 Å². The highest BCUT2D eigenvalue weighted by Crippen LogP contribution is 2.29. The van der Waals surface area contributed by atoms with Crippen LogP contribution in [0.3, 0.4) is 0 Å². The van der Waals surface area contributed by atoms with Gasteiger partial charge in [0.1, 0.15) is 0 Å². The van der Waals surface area contributed by atoms with E-state index in [1.165, 1.54) is 12.7 Å². The molecule has 0 atom stereocenters. The van der Waals surface area contributed by atoms with Crippen molar-refractivity contribution < 1.29 is 23.8 Å². The highest BCUT2D eigenvalue weighted by atomic mass is 32.1. The van der Waals surface area contributed by atoms with Crippen molar-refractivity contribution in [1.82, 2.24) is 5.32 Å². The van der Waals surface area contributed by atoms with E-state index in [1.54, 1.807) is 25.3 Å². The molecule has 0 fully saturated rings. The fourth-order valence-electron chi connectivity index (χ4n) is 2.84. The molecule has 0 aliphatic heterocycles. The Hall–Kier alpha value is -3.13. The van der Waals surface area contributed by atoms with E-state index in [4.69, 9.17) is 26.4 Å². The van der Waals surface area contributed by atoms with E-state index in [0.717, 1.165) is 12.8 Å². The molecule has 2 N–H and O–H groups in total. The maximum atomic E-state index is 12.0. The second-order valence-electron chi connectivity index (χ2n) is 6.74. The first-order valence-electron chi connectivity index (χ1n) is 10.0. The van der Waals surface area contributed by atoms with Crippen LogP contribution in [0.2, 0.25) is 0 Å². The van der Waals surface area contributed by atoms with Crippen molar-refractivity contribution in [3.05, 3.63) is 54.1 Å². The van der Waals surface area contributed by atoms with Crippen molar-refractivity contribution >= 4 is 34.9 Å². The number of amides is 1. The molecule has 0 unspecified atom stereocenters. The first kappa shape index (κ1) is 24.1. The molecule has 8 heteroatoms. The van der Waals surface area contributed by atoms with Crippen molar-refractivity contribution in [2.75, 3.05) is 26.1 Å². The van der Waals surface area contributed by atoms with Gasteiger partial charge < -0.3 is 24.8 Å². The summed E-state index contributed by atoms with van der Waals surface area (Å²) in [5.74, 6) is 0.570. The number of methoxy groups -OCH3 is 2. The second-order valence-corrected chi connectivity index (χ2v) is 7.14. The highest BCUT2D eigenvalue weighted by molar-refractivity contribution is 7.80. The molecule has 2 rings (SSSR count). The Balaban J connectivity index is 1.60. The fourth-order valence-corrected chi connectivity index (χ4v) is 3.07. The van der Waals surface area contributed by atoms with E-state index >= 15 is 0 Å². The predicted octanol–water partition coefficient (Wildman–Crippen LogP) is 3.86. The van der Waals surface area contributed by atoms with E-state index in [0.29, 0.717) is 30.2 Å². The second kappa shape index (κ2) is 13.2. The lowest BCUT2D eigenvalue weighted by molar-refractivity contribution is -0.143. The van der Waals surface area contributed by atoms with Gasteiger partial charge in [-0.1, -0.05) is 30.3 Å². The van der Waals surface area contributed by atoms with Crippen molar-refractivity contribution in [3.8, 4) is 11.5 Å². The molecule has 0 spiro atoms. The molecule has 0 saturated carbocycles. The number of thiocarbonyl (C=S) groups is 1. The van der Waals surface area contributed by atoms with E-state index in [-0.39, 0.29) is 29.8 Å². The van der Waals surface area contributed by atoms with Crippen LogP contribution in [0.15, 0.2) is 48.5 Å². The molecule has 0 aliphatic rings. The molecule has 1 amide bonds. The van der Waals surface area contributed by atoms with Crippen LogP contribution >= 0.6 is 12.2 Å². The SMILES string of the molecule is COc1ccc(NC(=S)NC(=O)CCCC(=O)OCCCc2ccccc2)cc1OC. The smallest absolute Gasteiger partial charge is 0.305 e. The number of nitrogens with one attached hydrogen (secondary N) is 2. The first-order valence-corrected chi connectivity index (χ1v) is 10.4. The number of carbonyl (C=O) groups is 2. The lowest BCUT2D eigenvalue weighted by Crippen LogP contribution is -2.34. The van der Waals surface area contributed by atoms with Gasteiger partial charge in [-0.3, -0.25) is 9.59 Å². The summed E-state index contributed by atoms with van der Waals surface area (Å²) in [5, 5.41) is 5.68. The van der Waals surface area contributed by atoms with Crippen LogP contribution in [-0.4, -0.2) is 37.8 Å². The monoisotopic (exact) mass is 444 g/mol. The minimum Gasteiger partial charge on any atom is -0.493 e. The van der Waals surface area contributed by atoms with Crippen molar-refractivity contribution in [3.63, 3.8) is 0 Å². The molecule has 2 aromatic rings. The van der Waals surface area contributed by atoms with E-state index in [2.05, 4.69) is 10.6 Å². The molecule has 7 nitrogen and oxygen atoms in total. The zero-order valence-corrected chi connectivity index (χ0v) is 18.6. The normalized spacial score (nSPS) is 10.1. The number of ether oxygens (including phenoxy) is 3. The number of esters is 1. The maximum absolute atomic E-state index is 12.0. The van der Waals surface area contributed by atoms with Crippen LogP contribution in [0.4, 0.5) is 5.69 Å². The van der Waals surface area contributed by atoms with E-state index < -0.39 is 0 Å². The van der Waals surface area contributed by atoms with Gasteiger partial charge in [-0.2, -0.15) is 0 Å². The summed E-state index contributed by atoms with van der Waals surface area (Å²) in [6, 6.07) is 15.2. The van der Waals surface area contributed by atoms with Crippen molar-refractivity contribution in [2.45, 2.75) is 32.1 Å². The number of carbonyl (C=O) groups excluding carboxylic acids is 2. The van der Waals surface area contributed by atoms with Gasteiger partial charge >= 0.3 is 5.97 Å². The molecule has 0 radical (unpaired) electrons. The third kappa shape index (κ3) is 9.04. The number of rotatable bonds is 11. The van der Waals surface area contributed by atoms with Crippen LogP contribution in [0.1, 0.15) is 31.2 Å². The van der Waals surface area contributed by atoms with Crippen LogP contribution in [0.5, 0.6) is 11.5 Å². The Bertz CT molecular complexity index is 874. The largest absolute Gasteiger partial charge is 0.493 e. The standard InChI is InChI=1S/C23H28N2O5S/c1-28-19-14-13-18(16-20(19)29-2)24-23(31)25-21(26)11-6-12-22(27)30-15-7-10-17-8-4-3-5-9-17/h3-5,8-9,13-14,16H,6-7,10-12,15H2,1-2H3,(H2,24,25,26,31). The van der Waals surface area contributed by atoms with Crippen LogP contribution in [0.25, 0.3) is 0 Å². The number of hydrogen-bond donors (Lipinski definition) is 2. The summed E-state index contributed by atoms with van der Waals surface area (Å²) in [6.45, 7) is 0.374. The molecular weight excluding hydrogens is 416 g/mol. The minimum atomic E-state index is -0.299. The molecule has 0 saturated heterocycles. The van der Waals surface area contributed by atoms with Crippen LogP contribution < -0.4 is 20.1 Å². The third-order valence-corrected chi connectivity index (χ3v) is 4.60. The fraction of sp³-hybridized carbons (Fsp3) is 0.348. The van der Waals surface area contributed by atoms with Gasteiger partial charge in [-0.05, 0) is 49.2 Å². The van der Waals surface area contributed by atoms with E-state index in [9.17, 15) is 9.59 Å². The average Bonchev–Trinajstić information content (AvgIpc) is 2.77. The summed E-state index contributed by atoms with van der Waals surface area (Å²) in [7, 11) is 3.09. The molecule has 0 bridgehead atoms. The lowest BCUT2D eigenvalue weighted by Gasteiger charge is -2.12. The van der Waals surface area contributed by atoms with Gasteiger partial charge in [0.25, 0.3) is 0 Å². The lowest BCUT2D eigenvalue weighted by atomic mass is 10.1. The van der Waals surface area contributed by atoms with Gasteiger partial charge in [0.2, 0.25) is 5.91 Å². The quantitative estimate of drug-likeness (QED) is 0.309. The Morgan fingerprint density at radius 1 is 0.935 bits per heavy atom. The zero-order chi connectivity index (χ0) is 22.5. The van der Waals surface area contributed by atoms with Gasteiger partial charge in [-0.25, -0.2) is 0 Å². The number of anilines is 1. The summed E-state index contributed by atoms with van der Waals surface area (Å²) >= 11 is 5.16. The molecule has 2 aromatic carbocycles. The van der Waals surface area contributed by atoms with Crippen molar-refractivity contribution in [1.29, 1.82) is 0 Å². The number of benzene rings is 2. The van der Waals surface area contributed by atoms with Gasteiger partial charge in [0.05, 0.1) is 20.8 Å². The number of aryl methyl sites for hydroxylation is 1. The predicted molar refractivity (Wildman–Crippen MR) is 123 cm³/mol. The molecule has 0 aromatic heterocycles.